The monoisotopic (exact) mass is 338 g/mol. The number of aromatic amines is 1. The van der Waals surface area contributed by atoms with Gasteiger partial charge in [0.05, 0.1) is 11.7 Å². The van der Waals surface area contributed by atoms with Gasteiger partial charge in [-0.3, -0.25) is 20.1 Å². The first-order chi connectivity index (χ1) is 12.0. The van der Waals surface area contributed by atoms with Crippen molar-refractivity contribution in [2.24, 2.45) is 11.5 Å². The lowest BCUT2D eigenvalue weighted by Crippen LogP contribution is -2.38. The number of H-pyrrole nitrogens is 1. The number of carbonyl (C=O) groups is 1. The van der Waals surface area contributed by atoms with Gasteiger partial charge in [0.1, 0.15) is 11.4 Å². The topological polar surface area (TPSA) is 134 Å². The zero-order chi connectivity index (χ0) is 18.0. The number of nitrogens with two attached hydrogens (primary N) is 2. The molecule has 25 heavy (non-hydrogen) atoms. The third-order valence-electron chi connectivity index (χ3n) is 3.75. The van der Waals surface area contributed by atoms with Crippen LogP contribution in [-0.2, 0) is 6.54 Å². The minimum Gasteiger partial charge on any atom is -0.454 e. The molecule has 0 aliphatic rings. The highest BCUT2D eigenvalue weighted by atomic mass is 16.5. The maximum atomic E-state index is 12.3. The van der Waals surface area contributed by atoms with Crippen molar-refractivity contribution in [3.63, 3.8) is 0 Å². The van der Waals surface area contributed by atoms with Crippen LogP contribution < -0.4 is 16.2 Å². The fourth-order valence-electron chi connectivity index (χ4n) is 2.38. The Morgan fingerprint density at radius 2 is 2.16 bits per heavy atom. The zero-order valence-electron chi connectivity index (χ0n) is 13.6. The van der Waals surface area contributed by atoms with Gasteiger partial charge in [0.15, 0.2) is 11.7 Å². The average Bonchev–Trinajstić information content (AvgIpc) is 3.06. The van der Waals surface area contributed by atoms with Crippen LogP contribution in [0.15, 0.2) is 42.7 Å². The molecule has 0 saturated carbocycles. The summed E-state index contributed by atoms with van der Waals surface area (Å²) in [4.78, 5) is 20.5. The molecule has 0 aliphatic carbocycles. The summed E-state index contributed by atoms with van der Waals surface area (Å²) >= 11 is 0. The van der Waals surface area contributed by atoms with Gasteiger partial charge in [0.2, 0.25) is 0 Å². The molecule has 2 aromatic heterocycles. The SMILES string of the molecule is CN(C(=N)N)C(=O)c1cc2cccc(Oc3cncc(CN)c3)c2[nH]1. The van der Waals surface area contributed by atoms with E-state index >= 15 is 0 Å². The van der Waals surface area contributed by atoms with Crippen LogP contribution >= 0.6 is 0 Å². The molecule has 2 heterocycles. The number of nitrogens with one attached hydrogen (secondary N) is 2. The second-order valence-corrected chi connectivity index (χ2v) is 5.49. The summed E-state index contributed by atoms with van der Waals surface area (Å²) in [7, 11) is 1.44. The molecule has 0 spiro atoms. The number of rotatable bonds is 4. The van der Waals surface area contributed by atoms with Gasteiger partial charge in [-0.05, 0) is 23.8 Å². The fourth-order valence-corrected chi connectivity index (χ4v) is 2.38. The number of guanidine groups is 1. The van der Waals surface area contributed by atoms with Crippen molar-refractivity contribution in [2.75, 3.05) is 7.05 Å². The van der Waals surface area contributed by atoms with Crippen LogP contribution in [0.5, 0.6) is 11.5 Å². The van der Waals surface area contributed by atoms with Crippen LogP contribution in [0.3, 0.4) is 0 Å². The van der Waals surface area contributed by atoms with Gasteiger partial charge >= 0.3 is 0 Å². The van der Waals surface area contributed by atoms with E-state index in [0.29, 0.717) is 29.3 Å². The summed E-state index contributed by atoms with van der Waals surface area (Å²) in [6.07, 6.45) is 3.27. The predicted molar refractivity (Wildman–Crippen MR) is 94.5 cm³/mol. The lowest BCUT2D eigenvalue weighted by molar-refractivity contribution is 0.0864. The van der Waals surface area contributed by atoms with Crippen LogP contribution in [0.25, 0.3) is 10.9 Å². The number of aromatic nitrogens is 2. The van der Waals surface area contributed by atoms with Crippen molar-refractivity contribution in [2.45, 2.75) is 6.54 Å². The largest absolute Gasteiger partial charge is 0.454 e. The molecule has 0 atom stereocenters. The lowest BCUT2D eigenvalue weighted by atomic mass is 10.2. The molecule has 8 heteroatoms. The summed E-state index contributed by atoms with van der Waals surface area (Å²) in [5.41, 5.74) is 12.8. The van der Waals surface area contributed by atoms with Crippen LogP contribution in [0.2, 0.25) is 0 Å². The van der Waals surface area contributed by atoms with Gasteiger partial charge in [-0.2, -0.15) is 0 Å². The van der Waals surface area contributed by atoms with E-state index in [1.165, 1.54) is 7.05 Å². The van der Waals surface area contributed by atoms with Gasteiger partial charge in [-0.15, -0.1) is 0 Å². The standard InChI is InChI=1S/C17H18N6O2/c1-23(17(19)20)16(24)13-6-11-3-2-4-14(15(11)22-13)25-12-5-10(7-18)8-21-9-12/h2-6,8-9,22H,7,18H2,1H3,(H3,19,20). The van der Waals surface area contributed by atoms with E-state index in [1.54, 1.807) is 24.5 Å². The van der Waals surface area contributed by atoms with Crippen molar-refractivity contribution in [3.8, 4) is 11.5 Å². The molecule has 3 rings (SSSR count). The minimum atomic E-state index is -0.401. The van der Waals surface area contributed by atoms with Crippen molar-refractivity contribution >= 4 is 22.8 Å². The normalized spacial score (nSPS) is 10.6. The van der Waals surface area contributed by atoms with Crippen molar-refractivity contribution in [1.29, 1.82) is 5.41 Å². The van der Waals surface area contributed by atoms with Gasteiger partial charge in [-0.1, -0.05) is 12.1 Å². The molecule has 0 aliphatic heterocycles. The minimum absolute atomic E-state index is 0.317. The van der Waals surface area contributed by atoms with Gasteiger partial charge in [0, 0.05) is 25.2 Å². The molecular weight excluding hydrogens is 320 g/mol. The predicted octanol–water partition coefficient (Wildman–Crippen LogP) is 1.78. The number of hydrogen-bond acceptors (Lipinski definition) is 5. The van der Waals surface area contributed by atoms with Gasteiger partial charge in [0.25, 0.3) is 5.91 Å². The van der Waals surface area contributed by atoms with E-state index in [9.17, 15) is 4.79 Å². The van der Waals surface area contributed by atoms with E-state index in [2.05, 4.69) is 9.97 Å². The molecule has 0 fully saturated rings. The Kier molecular flexibility index (Phi) is 4.36. The first kappa shape index (κ1) is 16.5. The second kappa shape index (κ2) is 6.62. The van der Waals surface area contributed by atoms with Crippen LogP contribution in [0.4, 0.5) is 0 Å². The number of nitrogens with zero attached hydrogens (tertiary/aromatic N) is 2. The Hall–Kier alpha value is -3.39. The van der Waals surface area contributed by atoms with Crippen LogP contribution in [0.1, 0.15) is 16.1 Å². The van der Waals surface area contributed by atoms with Gasteiger partial charge in [-0.25, -0.2) is 0 Å². The molecule has 0 unspecified atom stereocenters. The smallest absolute Gasteiger partial charge is 0.276 e. The number of amides is 1. The van der Waals surface area contributed by atoms with E-state index in [-0.39, 0.29) is 5.96 Å². The third kappa shape index (κ3) is 3.29. The Morgan fingerprint density at radius 3 is 2.88 bits per heavy atom. The molecule has 1 aromatic carbocycles. The number of carbonyl (C=O) groups excluding carboxylic acids is 1. The lowest BCUT2D eigenvalue weighted by Gasteiger charge is -2.12. The molecule has 8 nitrogen and oxygen atoms in total. The number of para-hydroxylation sites is 1. The van der Waals surface area contributed by atoms with E-state index in [0.717, 1.165) is 15.8 Å². The molecule has 128 valence electrons. The highest BCUT2D eigenvalue weighted by molar-refractivity contribution is 6.06. The molecule has 0 saturated heterocycles. The quantitative estimate of drug-likeness (QED) is 0.425. The Labute approximate surface area is 143 Å². The van der Waals surface area contributed by atoms with E-state index in [4.69, 9.17) is 21.6 Å². The molecule has 0 radical (unpaired) electrons. The van der Waals surface area contributed by atoms with Gasteiger partial charge < -0.3 is 21.2 Å². The molecule has 3 aromatic rings. The van der Waals surface area contributed by atoms with E-state index in [1.807, 2.05) is 18.2 Å². The van der Waals surface area contributed by atoms with Crippen molar-refractivity contribution in [3.05, 3.63) is 54.0 Å². The van der Waals surface area contributed by atoms with Crippen molar-refractivity contribution < 1.29 is 9.53 Å². The maximum absolute atomic E-state index is 12.3. The number of hydrogen-bond donors (Lipinski definition) is 4. The molecular formula is C17H18N6O2. The number of benzene rings is 1. The van der Waals surface area contributed by atoms with Crippen molar-refractivity contribution in [1.82, 2.24) is 14.9 Å². The Balaban J connectivity index is 1.97. The Morgan fingerprint density at radius 1 is 1.36 bits per heavy atom. The molecule has 6 N–H and O–H groups in total. The number of pyridine rings is 1. The summed E-state index contributed by atoms with van der Waals surface area (Å²) < 4.78 is 5.89. The summed E-state index contributed by atoms with van der Waals surface area (Å²) in [6.45, 7) is 0.368. The zero-order valence-corrected chi connectivity index (χ0v) is 13.6. The highest BCUT2D eigenvalue weighted by Gasteiger charge is 2.17. The average molecular weight is 338 g/mol. The molecule has 0 bridgehead atoms. The van der Waals surface area contributed by atoms with E-state index < -0.39 is 5.91 Å². The third-order valence-corrected chi connectivity index (χ3v) is 3.75. The summed E-state index contributed by atoms with van der Waals surface area (Å²) in [6, 6.07) is 8.98. The summed E-state index contributed by atoms with van der Waals surface area (Å²) in [5.74, 6) is 0.378. The Bertz CT molecular complexity index is 949. The highest BCUT2D eigenvalue weighted by Crippen LogP contribution is 2.30. The van der Waals surface area contributed by atoms with Crippen LogP contribution in [0, 0.1) is 5.41 Å². The summed E-state index contributed by atoms with van der Waals surface area (Å²) in [5, 5.41) is 8.18. The number of ether oxygens (including phenoxy) is 1. The maximum Gasteiger partial charge on any atom is 0.276 e. The fraction of sp³-hybridized carbons (Fsp3) is 0.118. The molecule has 1 amide bonds. The number of fused-ring (bicyclic) bond motifs is 1. The first-order valence-electron chi connectivity index (χ1n) is 7.55. The second-order valence-electron chi connectivity index (χ2n) is 5.49. The first-order valence-corrected chi connectivity index (χ1v) is 7.55. The van der Waals surface area contributed by atoms with Crippen LogP contribution in [-0.4, -0.2) is 33.8 Å².